The maximum absolute atomic E-state index is 11.6. The number of carbonyl (C=O) groups is 1. The molecule has 2 N–H and O–H groups in total. The summed E-state index contributed by atoms with van der Waals surface area (Å²) >= 11 is 0. The molecule has 0 spiro atoms. The Bertz CT molecular complexity index is 949. The number of amides is 1. The summed E-state index contributed by atoms with van der Waals surface area (Å²) < 4.78 is 6.85. The first kappa shape index (κ1) is 19.2. The summed E-state index contributed by atoms with van der Waals surface area (Å²) in [5, 5.41) is 10.3. The molecule has 1 aromatic carbocycles. The molecule has 0 saturated heterocycles. The molecule has 0 bridgehead atoms. The number of nitrogens with zero attached hydrogens (tertiary/aromatic N) is 4. The van der Waals surface area contributed by atoms with Crippen molar-refractivity contribution in [2.24, 2.45) is 0 Å². The van der Waals surface area contributed by atoms with Crippen molar-refractivity contribution in [3.63, 3.8) is 0 Å². The lowest BCUT2D eigenvalue weighted by Gasteiger charge is -2.07. The third-order valence-electron chi connectivity index (χ3n) is 3.86. The number of nitrogens with one attached hydrogen (secondary N) is 2. The first-order valence-corrected chi connectivity index (χ1v) is 8.82. The minimum Gasteiger partial charge on any atom is -0.383 e. The van der Waals surface area contributed by atoms with Gasteiger partial charge in [0.25, 0.3) is 0 Å². The van der Waals surface area contributed by atoms with Crippen LogP contribution in [0.15, 0.2) is 61.2 Å². The van der Waals surface area contributed by atoms with Crippen LogP contribution in [0.25, 0.3) is 11.3 Å². The Morgan fingerprint density at radius 1 is 1.21 bits per heavy atom. The van der Waals surface area contributed by atoms with E-state index in [1.165, 1.54) is 12.4 Å². The highest BCUT2D eigenvalue weighted by atomic mass is 16.5. The zero-order valence-corrected chi connectivity index (χ0v) is 15.8. The van der Waals surface area contributed by atoms with E-state index in [9.17, 15) is 4.79 Å². The average molecular weight is 378 g/mol. The van der Waals surface area contributed by atoms with Crippen LogP contribution in [0.4, 0.5) is 17.2 Å². The molecule has 0 aliphatic rings. The zero-order chi connectivity index (χ0) is 19.8. The number of carbonyl (C=O) groups excluding carboxylic acids is 1. The van der Waals surface area contributed by atoms with Gasteiger partial charge in [-0.05, 0) is 25.1 Å². The smallest absolute Gasteiger partial charge is 0.248 e. The molecular formula is C20H22N6O2. The molecule has 0 aliphatic carbocycles. The average Bonchev–Trinajstić information content (AvgIpc) is 3.14. The second-order valence-corrected chi connectivity index (χ2v) is 5.96. The van der Waals surface area contributed by atoms with Crippen LogP contribution in [0.1, 0.15) is 6.92 Å². The van der Waals surface area contributed by atoms with Crippen molar-refractivity contribution in [1.82, 2.24) is 19.7 Å². The number of hydrogen-bond acceptors (Lipinski definition) is 6. The quantitative estimate of drug-likeness (QED) is 0.585. The Morgan fingerprint density at radius 2 is 2.04 bits per heavy atom. The molecule has 0 radical (unpaired) electrons. The fourth-order valence-corrected chi connectivity index (χ4v) is 2.53. The number of allylic oxidation sites excluding steroid dienone is 1. The number of benzene rings is 1. The van der Waals surface area contributed by atoms with E-state index in [1.807, 2.05) is 36.5 Å². The van der Waals surface area contributed by atoms with E-state index in [2.05, 4.69) is 25.7 Å². The fourth-order valence-electron chi connectivity index (χ4n) is 2.53. The van der Waals surface area contributed by atoms with Crippen molar-refractivity contribution in [2.75, 3.05) is 24.4 Å². The lowest BCUT2D eigenvalue weighted by atomic mass is 10.1. The minimum absolute atomic E-state index is 0.158. The number of anilines is 3. The number of ether oxygens (including phenoxy) is 1. The number of aromatic nitrogens is 4. The van der Waals surface area contributed by atoms with Crippen LogP contribution in [0.2, 0.25) is 0 Å². The molecule has 144 valence electrons. The fraction of sp³-hybridized carbons (Fsp3) is 0.200. The second kappa shape index (κ2) is 9.43. The minimum atomic E-state index is -0.158. The molecule has 0 saturated carbocycles. The predicted molar refractivity (Wildman–Crippen MR) is 108 cm³/mol. The standard InChI is InChI=1S/C20H22N6O2/c1-3-4-20(27)25-16-7-5-15(6-8-16)18-11-19(22-14-21-18)24-17-12-23-26(13-17)9-10-28-2/h3-8,11-14H,9-10H2,1-2H3,(H,25,27)(H,21,22,24). The molecule has 8 nitrogen and oxygen atoms in total. The van der Waals surface area contributed by atoms with Crippen LogP contribution in [0.3, 0.4) is 0 Å². The number of rotatable bonds is 8. The van der Waals surface area contributed by atoms with Gasteiger partial charge in [0.15, 0.2) is 0 Å². The molecule has 1 amide bonds. The van der Waals surface area contributed by atoms with Crippen LogP contribution in [-0.4, -0.2) is 39.4 Å². The Morgan fingerprint density at radius 3 is 2.79 bits per heavy atom. The molecule has 0 unspecified atom stereocenters. The van der Waals surface area contributed by atoms with Gasteiger partial charge in [-0.25, -0.2) is 9.97 Å². The van der Waals surface area contributed by atoms with E-state index in [-0.39, 0.29) is 5.91 Å². The first-order chi connectivity index (χ1) is 13.7. The molecule has 28 heavy (non-hydrogen) atoms. The van der Waals surface area contributed by atoms with Gasteiger partial charge in [0.1, 0.15) is 12.1 Å². The molecule has 0 aliphatic heterocycles. The molecular weight excluding hydrogens is 356 g/mol. The van der Waals surface area contributed by atoms with Gasteiger partial charge in [-0.3, -0.25) is 9.48 Å². The Labute approximate surface area is 163 Å². The summed E-state index contributed by atoms with van der Waals surface area (Å²) in [5.41, 5.74) is 3.26. The zero-order valence-electron chi connectivity index (χ0n) is 15.8. The molecule has 2 aromatic heterocycles. The van der Waals surface area contributed by atoms with E-state index in [0.29, 0.717) is 19.0 Å². The largest absolute Gasteiger partial charge is 0.383 e. The summed E-state index contributed by atoms with van der Waals surface area (Å²) in [5.74, 6) is 0.511. The van der Waals surface area contributed by atoms with Gasteiger partial charge in [0.05, 0.1) is 30.7 Å². The van der Waals surface area contributed by atoms with Crippen LogP contribution >= 0.6 is 0 Å². The lowest BCUT2D eigenvalue weighted by molar-refractivity contribution is -0.111. The molecule has 0 atom stereocenters. The molecule has 2 heterocycles. The van der Waals surface area contributed by atoms with Crippen molar-refractivity contribution in [3.05, 3.63) is 61.2 Å². The van der Waals surface area contributed by atoms with E-state index in [4.69, 9.17) is 4.74 Å². The van der Waals surface area contributed by atoms with Crippen molar-refractivity contribution < 1.29 is 9.53 Å². The van der Waals surface area contributed by atoms with Gasteiger partial charge < -0.3 is 15.4 Å². The van der Waals surface area contributed by atoms with Gasteiger partial charge in [-0.2, -0.15) is 5.10 Å². The van der Waals surface area contributed by atoms with Crippen molar-refractivity contribution in [1.29, 1.82) is 0 Å². The van der Waals surface area contributed by atoms with Gasteiger partial charge in [0.2, 0.25) is 5.91 Å². The maximum atomic E-state index is 11.6. The van der Waals surface area contributed by atoms with Gasteiger partial charge in [-0.15, -0.1) is 0 Å². The highest BCUT2D eigenvalue weighted by Crippen LogP contribution is 2.22. The normalized spacial score (nSPS) is 10.9. The summed E-state index contributed by atoms with van der Waals surface area (Å²) in [6.45, 7) is 3.09. The first-order valence-electron chi connectivity index (χ1n) is 8.82. The van der Waals surface area contributed by atoms with Gasteiger partial charge in [0, 0.05) is 30.6 Å². The summed E-state index contributed by atoms with van der Waals surface area (Å²) in [6, 6.07) is 9.35. The van der Waals surface area contributed by atoms with Crippen LogP contribution in [-0.2, 0) is 16.1 Å². The maximum Gasteiger partial charge on any atom is 0.248 e. The molecule has 3 rings (SSSR count). The Balaban J connectivity index is 1.69. The summed E-state index contributed by atoms with van der Waals surface area (Å²) in [4.78, 5) is 20.2. The Hall–Kier alpha value is -3.52. The van der Waals surface area contributed by atoms with E-state index in [1.54, 1.807) is 31.0 Å². The molecule has 3 aromatic rings. The summed E-state index contributed by atoms with van der Waals surface area (Å²) in [7, 11) is 1.66. The van der Waals surface area contributed by atoms with Crippen molar-refractivity contribution >= 4 is 23.1 Å². The van der Waals surface area contributed by atoms with E-state index in [0.717, 1.165) is 22.6 Å². The topological polar surface area (TPSA) is 94.0 Å². The molecule has 0 fully saturated rings. The Kier molecular flexibility index (Phi) is 6.48. The number of methoxy groups -OCH3 is 1. The highest BCUT2D eigenvalue weighted by molar-refractivity contribution is 5.99. The van der Waals surface area contributed by atoms with E-state index >= 15 is 0 Å². The van der Waals surface area contributed by atoms with Gasteiger partial charge >= 0.3 is 0 Å². The third kappa shape index (κ3) is 5.24. The number of hydrogen-bond donors (Lipinski definition) is 2. The summed E-state index contributed by atoms with van der Waals surface area (Å²) in [6.07, 6.45) is 8.31. The highest BCUT2D eigenvalue weighted by Gasteiger charge is 2.05. The lowest BCUT2D eigenvalue weighted by Crippen LogP contribution is -2.07. The van der Waals surface area contributed by atoms with Crippen LogP contribution < -0.4 is 10.6 Å². The van der Waals surface area contributed by atoms with Crippen molar-refractivity contribution in [3.8, 4) is 11.3 Å². The predicted octanol–water partition coefficient (Wildman–Crippen LogP) is 3.24. The van der Waals surface area contributed by atoms with Gasteiger partial charge in [-0.1, -0.05) is 18.2 Å². The van der Waals surface area contributed by atoms with Crippen molar-refractivity contribution in [2.45, 2.75) is 13.5 Å². The monoisotopic (exact) mass is 378 g/mol. The van der Waals surface area contributed by atoms with Crippen LogP contribution in [0, 0.1) is 0 Å². The second-order valence-electron chi connectivity index (χ2n) is 5.96. The SMILES string of the molecule is CC=CC(=O)Nc1ccc(-c2cc(Nc3cnn(CCOC)c3)ncn2)cc1. The van der Waals surface area contributed by atoms with E-state index < -0.39 is 0 Å². The third-order valence-corrected chi connectivity index (χ3v) is 3.86. The molecule has 8 heteroatoms. The van der Waals surface area contributed by atoms with Crippen LogP contribution in [0.5, 0.6) is 0 Å².